The minimum Gasteiger partial charge on any atom is -0.494 e. The molecule has 0 radical (unpaired) electrons. The molecule has 1 heterocycles. The molecule has 0 aliphatic carbocycles. The number of hydrogen-bond donors (Lipinski definition) is 1. The SMILES string of the molecule is COc1cnccc1C(=O)NCCOCCBr. The van der Waals surface area contributed by atoms with Crippen LogP contribution in [0.3, 0.4) is 0 Å². The first-order chi connectivity index (χ1) is 8.29. The summed E-state index contributed by atoms with van der Waals surface area (Å²) in [5.41, 5.74) is 0.475. The fraction of sp³-hybridized carbons (Fsp3) is 0.455. The largest absolute Gasteiger partial charge is 0.494 e. The highest BCUT2D eigenvalue weighted by atomic mass is 79.9. The molecule has 0 fully saturated rings. The lowest BCUT2D eigenvalue weighted by Gasteiger charge is -2.08. The van der Waals surface area contributed by atoms with Gasteiger partial charge in [-0.25, -0.2) is 0 Å². The van der Waals surface area contributed by atoms with Crippen LogP contribution < -0.4 is 10.1 Å². The number of pyridine rings is 1. The molecule has 0 unspecified atom stereocenters. The Morgan fingerprint density at radius 1 is 1.53 bits per heavy atom. The van der Waals surface area contributed by atoms with Crippen molar-refractivity contribution >= 4 is 21.8 Å². The van der Waals surface area contributed by atoms with E-state index in [4.69, 9.17) is 9.47 Å². The highest BCUT2D eigenvalue weighted by Crippen LogP contribution is 2.14. The topological polar surface area (TPSA) is 60.5 Å². The first-order valence-corrected chi connectivity index (χ1v) is 6.31. The zero-order valence-electron chi connectivity index (χ0n) is 9.61. The van der Waals surface area contributed by atoms with Crippen molar-refractivity contribution in [1.82, 2.24) is 10.3 Å². The number of amides is 1. The summed E-state index contributed by atoms with van der Waals surface area (Å²) in [4.78, 5) is 15.7. The van der Waals surface area contributed by atoms with Gasteiger partial charge in [0, 0.05) is 18.1 Å². The smallest absolute Gasteiger partial charge is 0.255 e. The number of carbonyl (C=O) groups is 1. The van der Waals surface area contributed by atoms with Crippen molar-refractivity contribution in [3.05, 3.63) is 24.0 Å². The number of nitrogens with one attached hydrogen (secondary N) is 1. The molecule has 1 aromatic rings. The zero-order valence-corrected chi connectivity index (χ0v) is 11.2. The summed E-state index contributed by atoms with van der Waals surface area (Å²) in [6.07, 6.45) is 3.06. The van der Waals surface area contributed by atoms with E-state index in [9.17, 15) is 4.79 Å². The molecule has 0 saturated heterocycles. The van der Waals surface area contributed by atoms with Crippen molar-refractivity contribution in [2.24, 2.45) is 0 Å². The molecular formula is C11H15BrN2O3. The van der Waals surface area contributed by atoms with Gasteiger partial charge in [-0.05, 0) is 6.07 Å². The summed E-state index contributed by atoms with van der Waals surface area (Å²) < 4.78 is 10.3. The van der Waals surface area contributed by atoms with Crippen LogP contribution in [0.15, 0.2) is 18.5 Å². The molecule has 0 bridgehead atoms. The van der Waals surface area contributed by atoms with E-state index < -0.39 is 0 Å². The average molecular weight is 303 g/mol. The molecule has 0 saturated carbocycles. The van der Waals surface area contributed by atoms with Crippen molar-refractivity contribution in [3.63, 3.8) is 0 Å². The Morgan fingerprint density at radius 2 is 2.35 bits per heavy atom. The Balaban J connectivity index is 2.41. The predicted octanol–water partition coefficient (Wildman–Crippen LogP) is 1.23. The van der Waals surface area contributed by atoms with Gasteiger partial charge in [0.1, 0.15) is 5.75 Å². The molecule has 0 spiro atoms. The Bertz CT molecular complexity index is 360. The van der Waals surface area contributed by atoms with Crippen LogP contribution in [-0.4, -0.2) is 43.1 Å². The third-order valence-electron chi connectivity index (χ3n) is 2.00. The maximum Gasteiger partial charge on any atom is 0.255 e. The van der Waals surface area contributed by atoms with Gasteiger partial charge in [-0.1, -0.05) is 15.9 Å². The maximum absolute atomic E-state index is 11.8. The van der Waals surface area contributed by atoms with Crippen LogP contribution in [0.25, 0.3) is 0 Å². The van der Waals surface area contributed by atoms with Gasteiger partial charge in [-0.15, -0.1) is 0 Å². The molecule has 5 nitrogen and oxygen atoms in total. The van der Waals surface area contributed by atoms with Crippen LogP contribution in [-0.2, 0) is 4.74 Å². The Kier molecular flexibility index (Phi) is 6.57. The van der Waals surface area contributed by atoms with E-state index >= 15 is 0 Å². The normalized spacial score (nSPS) is 10.0. The summed E-state index contributed by atoms with van der Waals surface area (Å²) >= 11 is 3.25. The van der Waals surface area contributed by atoms with E-state index in [0.717, 1.165) is 5.33 Å². The van der Waals surface area contributed by atoms with E-state index in [0.29, 0.717) is 31.1 Å². The molecular weight excluding hydrogens is 288 g/mol. The average Bonchev–Trinajstić information content (AvgIpc) is 2.38. The first-order valence-electron chi connectivity index (χ1n) is 5.19. The molecule has 1 amide bonds. The van der Waals surface area contributed by atoms with Crippen LogP contribution in [0.2, 0.25) is 0 Å². The summed E-state index contributed by atoms with van der Waals surface area (Å²) in [6.45, 7) is 1.59. The van der Waals surface area contributed by atoms with E-state index in [1.165, 1.54) is 13.3 Å². The van der Waals surface area contributed by atoms with Crippen LogP contribution in [0.5, 0.6) is 5.75 Å². The number of nitrogens with zero attached hydrogens (tertiary/aromatic N) is 1. The van der Waals surface area contributed by atoms with Gasteiger partial charge in [0.2, 0.25) is 0 Å². The number of ether oxygens (including phenoxy) is 2. The molecule has 0 aromatic carbocycles. The number of carbonyl (C=O) groups excluding carboxylic acids is 1. The van der Waals surface area contributed by atoms with Gasteiger partial charge in [-0.2, -0.15) is 0 Å². The second kappa shape index (κ2) is 8.03. The Hall–Kier alpha value is -1.14. The van der Waals surface area contributed by atoms with Crippen molar-refractivity contribution in [3.8, 4) is 5.75 Å². The summed E-state index contributed by atoms with van der Waals surface area (Å²) in [5, 5.41) is 3.54. The molecule has 0 atom stereocenters. The second-order valence-corrected chi connectivity index (χ2v) is 3.93. The summed E-state index contributed by atoms with van der Waals surface area (Å²) in [5.74, 6) is 0.276. The summed E-state index contributed by atoms with van der Waals surface area (Å²) in [6, 6.07) is 1.62. The van der Waals surface area contributed by atoms with E-state index in [1.54, 1.807) is 12.3 Å². The minimum absolute atomic E-state index is 0.188. The molecule has 0 aliphatic heterocycles. The third kappa shape index (κ3) is 4.70. The molecule has 1 rings (SSSR count). The molecule has 17 heavy (non-hydrogen) atoms. The van der Waals surface area contributed by atoms with E-state index in [-0.39, 0.29) is 5.91 Å². The minimum atomic E-state index is -0.188. The lowest BCUT2D eigenvalue weighted by atomic mass is 10.2. The quantitative estimate of drug-likeness (QED) is 0.608. The van der Waals surface area contributed by atoms with Crippen LogP contribution in [0, 0.1) is 0 Å². The Labute approximate surface area is 109 Å². The van der Waals surface area contributed by atoms with Gasteiger partial charge in [0.25, 0.3) is 5.91 Å². The fourth-order valence-corrected chi connectivity index (χ4v) is 1.45. The van der Waals surface area contributed by atoms with Gasteiger partial charge < -0.3 is 14.8 Å². The fourth-order valence-electron chi connectivity index (χ4n) is 1.22. The summed E-state index contributed by atoms with van der Waals surface area (Å²) in [7, 11) is 1.51. The monoisotopic (exact) mass is 302 g/mol. The van der Waals surface area contributed by atoms with Gasteiger partial charge in [0.05, 0.1) is 32.1 Å². The van der Waals surface area contributed by atoms with Gasteiger partial charge >= 0.3 is 0 Å². The highest BCUT2D eigenvalue weighted by Gasteiger charge is 2.10. The maximum atomic E-state index is 11.8. The van der Waals surface area contributed by atoms with E-state index in [1.807, 2.05) is 0 Å². The molecule has 6 heteroatoms. The number of aromatic nitrogens is 1. The van der Waals surface area contributed by atoms with Crippen LogP contribution >= 0.6 is 15.9 Å². The van der Waals surface area contributed by atoms with Crippen LogP contribution in [0.1, 0.15) is 10.4 Å². The lowest BCUT2D eigenvalue weighted by Crippen LogP contribution is -2.27. The van der Waals surface area contributed by atoms with Gasteiger partial charge in [0.15, 0.2) is 0 Å². The third-order valence-corrected chi connectivity index (χ3v) is 2.33. The first kappa shape index (κ1) is 13.9. The predicted molar refractivity (Wildman–Crippen MR) is 67.7 cm³/mol. The number of hydrogen-bond acceptors (Lipinski definition) is 4. The van der Waals surface area contributed by atoms with Crippen molar-refractivity contribution in [1.29, 1.82) is 0 Å². The molecule has 94 valence electrons. The van der Waals surface area contributed by atoms with Crippen molar-refractivity contribution in [2.45, 2.75) is 0 Å². The van der Waals surface area contributed by atoms with Crippen molar-refractivity contribution < 1.29 is 14.3 Å². The number of methoxy groups -OCH3 is 1. The second-order valence-electron chi connectivity index (χ2n) is 3.13. The zero-order chi connectivity index (χ0) is 12.5. The van der Waals surface area contributed by atoms with E-state index in [2.05, 4.69) is 26.2 Å². The number of halogens is 1. The standard InChI is InChI=1S/C11H15BrN2O3/c1-16-10-8-13-4-2-9(10)11(15)14-5-7-17-6-3-12/h2,4,8H,3,5-7H2,1H3,(H,14,15). The van der Waals surface area contributed by atoms with Crippen LogP contribution in [0.4, 0.5) is 0 Å². The Morgan fingerprint density at radius 3 is 3.06 bits per heavy atom. The number of rotatable bonds is 7. The molecule has 0 aliphatic rings. The van der Waals surface area contributed by atoms with Gasteiger partial charge in [-0.3, -0.25) is 9.78 Å². The number of alkyl halides is 1. The lowest BCUT2D eigenvalue weighted by molar-refractivity contribution is 0.0921. The molecule has 1 N–H and O–H groups in total. The van der Waals surface area contributed by atoms with Crippen molar-refractivity contribution in [2.75, 3.05) is 32.2 Å². The highest BCUT2D eigenvalue weighted by molar-refractivity contribution is 9.09. The molecule has 1 aromatic heterocycles.